The number of hydrogen-bond donors (Lipinski definition) is 0. The molecule has 2 atom stereocenters. The molecule has 0 radical (unpaired) electrons. The highest BCUT2D eigenvalue weighted by Gasteiger charge is 2.28. The molecule has 5 heteroatoms. The summed E-state index contributed by atoms with van der Waals surface area (Å²) in [6, 6.07) is 2.22. The molecule has 1 aliphatic carbocycles. The summed E-state index contributed by atoms with van der Waals surface area (Å²) in [6.45, 7) is 1.19. The molecule has 5 nitrogen and oxygen atoms in total. The summed E-state index contributed by atoms with van der Waals surface area (Å²) in [5.41, 5.74) is 0. The Labute approximate surface area is 113 Å². The lowest BCUT2D eigenvalue weighted by atomic mass is 9.87. The minimum Gasteiger partial charge on any atom is -0.461 e. The van der Waals surface area contributed by atoms with Crippen LogP contribution in [0.15, 0.2) is 0 Å². The molecule has 0 spiro atoms. The number of likely N-dealkylation sites (tertiary alicyclic amines) is 1. The number of amides is 1. The lowest BCUT2D eigenvalue weighted by Crippen LogP contribution is -2.32. The fourth-order valence-corrected chi connectivity index (χ4v) is 2.78. The highest BCUT2D eigenvalue weighted by molar-refractivity contribution is 5.79. The van der Waals surface area contributed by atoms with Gasteiger partial charge in [-0.3, -0.25) is 9.59 Å². The standard InChI is InChI=1S/C14H20N2O3/c15-10-11-4-1-2-5-12(11)19-14(18)7-9-16-8-3-6-13(16)17/h11-12H,1-9H2/t11-,12-/m1/s1. The Balaban J connectivity index is 1.74. The second kappa shape index (κ2) is 6.55. The van der Waals surface area contributed by atoms with Gasteiger partial charge in [0.05, 0.1) is 18.4 Å². The molecule has 2 fully saturated rings. The van der Waals surface area contributed by atoms with Crippen molar-refractivity contribution in [1.82, 2.24) is 4.90 Å². The van der Waals surface area contributed by atoms with E-state index in [4.69, 9.17) is 10.00 Å². The molecule has 0 unspecified atom stereocenters. The van der Waals surface area contributed by atoms with E-state index in [1.807, 2.05) is 0 Å². The molecule has 0 bridgehead atoms. The van der Waals surface area contributed by atoms with E-state index in [9.17, 15) is 9.59 Å². The molecule has 1 aliphatic heterocycles. The fourth-order valence-electron chi connectivity index (χ4n) is 2.78. The Morgan fingerprint density at radius 1 is 1.37 bits per heavy atom. The van der Waals surface area contributed by atoms with Crippen molar-refractivity contribution in [3.05, 3.63) is 0 Å². The quantitative estimate of drug-likeness (QED) is 0.723. The maximum Gasteiger partial charge on any atom is 0.307 e. The average molecular weight is 264 g/mol. The van der Waals surface area contributed by atoms with E-state index < -0.39 is 0 Å². The molecule has 0 aromatic rings. The molecule has 104 valence electrons. The number of carbonyl (C=O) groups excluding carboxylic acids is 2. The predicted octanol–water partition coefficient (Wildman–Crippen LogP) is 1.62. The van der Waals surface area contributed by atoms with Gasteiger partial charge in [-0.15, -0.1) is 0 Å². The first-order chi connectivity index (χ1) is 9.20. The van der Waals surface area contributed by atoms with Crippen LogP contribution in [-0.4, -0.2) is 36.0 Å². The van der Waals surface area contributed by atoms with Crippen molar-refractivity contribution in [2.75, 3.05) is 13.1 Å². The van der Waals surface area contributed by atoms with E-state index >= 15 is 0 Å². The van der Waals surface area contributed by atoms with Crippen molar-refractivity contribution in [2.45, 2.75) is 51.0 Å². The normalized spacial score (nSPS) is 27.1. The van der Waals surface area contributed by atoms with Gasteiger partial charge in [0.2, 0.25) is 5.91 Å². The van der Waals surface area contributed by atoms with Gasteiger partial charge in [0.25, 0.3) is 0 Å². The Kier molecular flexibility index (Phi) is 4.78. The van der Waals surface area contributed by atoms with Gasteiger partial charge in [0.1, 0.15) is 6.10 Å². The molecule has 19 heavy (non-hydrogen) atoms. The molecule has 1 saturated heterocycles. The number of esters is 1. The summed E-state index contributed by atoms with van der Waals surface area (Å²) < 4.78 is 5.39. The van der Waals surface area contributed by atoms with E-state index in [2.05, 4.69) is 6.07 Å². The second-order valence-electron chi connectivity index (χ2n) is 5.28. The van der Waals surface area contributed by atoms with E-state index in [0.29, 0.717) is 13.0 Å². The number of ether oxygens (including phenoxy) is 1. The van der Waals surface area contributed by atoms with Gasteiger partial charge >= 0.3 is 5.97 Å². The van der Waals surface area contributed by atoms with Crippen molar-refractivity contribution in [3.63, 3.8) is 0 Å². The molecule has 1 heterocycles. The lowest BCUT2D eigenvalue weighted by molar-refractivity contribution is -0.152. The van der Waals surface area contributed by atoms with E-state index in [1.165, 1.54) is 0 Å². The zero-order valence-electron chi connectivity index (χ0n) is 11.1. The van der Waals surface area contributed by atoms with Crippen molar-refractivity contribution in [1.29, 1.82) is 5.26 Å². The van der Waals surface area contributed by atoms with Crippen molar-refractivity contribution < 1.29 is 14.3 Å². The number of nitrogens with zero attached hydrogens (tertiary/aromatic N) is 2. The van der Waals surface area contributed by atoms with Crippen LogP contribution in [0.1, 0.15) is 44.9 Å². The van der Waals surface area contributed by atoms with Crippen LogP contribution in [-0.2, 0) is 14.3 Å². The van der Waals surface area contributed by atoms with E-state index in [-0.39, 0.29) is 30.3 Å². The SMILES string of the molecule is N#C[C@H]1CCCC[C@H]1OC(=O)CCN1CCCC1=O. The molecule has 1 amide bonds. The van der Waals surface area contributed by atoms with Crippen LogP contribution in [0.5, 0.6) is 0 Å². The Bertz CT molecular complexity index is 389. The Morgan fingerprint density at radius 3 is 2.84 bits per heavy atom. The lowest BCUT2D eigenvalue weighted by Gasteiger charge is -2.26. The average Bonchev–Trinajstić information content (AvgIpc) is 2.82. The Morgan fingerprint density at radius 2 is 2.16 bits per heavy atom. The molecular weight excluding hydrogens is 244 g/mol. The number of hydrogen-bond acceptors (Lipinski definition) is 4. The Hall–Kier alpha value is -1.57. The summed E-state index contributed by atoms with van der Waals surface area (Å²) in [7, 11) is 0. The molecule has 2 aliphatic rings. The summed E-state index contributed by atoms with van der Waals surface area (Å²) in [4.78, 5) is 24.9. The first-order valence-electron chi connectivity index (χ1n) is 7.07. The van der Waals surface area contributed by atoms with Crippen molar-refractivity contribution >= 4 is 11.9 Å². The van der Waals surface area contributed by atoms with Gasteiger partial charge in [0, 0.05) is 19.5 Å². The number of nitriles is 1. The van der Waals surface area contributed by atoms with Crippen molar-refractivity contribution in [2.24, 2.45) is 5.92 Å². The summed E-state index contributed by atoms with van der Waals surface area (Å²) >= 11 is 0. The third-order valence-electron chi connectivity index (χ3n) is 3.91. The van der Waals surface area contributed by atoms with Crippen LogP contribution in [0, 0.1) is 17.2 Å². The second-order valence-corrected chi connectivity index (χ2v) is 5.28. The predicted molar refractivity (Wildman–Crippen MR) is 67.9 cm³/mol. The first-order valence-corrected chi connectivity index (χ1v) is 7.07. The van der Waals surface area contributed by atoms with Crippen LogP contribution in [0.4, 0.5) is 0 Å². The number of carbonyl (C=O) groups is 2. The smallest absolute Gasteiger partial charge is 0.307 e. The minimum absolute atomic E-state index is 0.125. The molecule has 1 saturated carbocycles. The minimum atomic E-state index is -0.285. The van der Waals surface area contributed by atoms with Crippen molar-refractivity contribution in [3.8, 4) is 6.07 Å². The molecule has 2 rings (SSSR count). The summed E-state index contributed by atoms with van der Waals surface area (Å²) in [6.07, 6.45) is 5.11. The summed E-state index contributed by atoms with van der Waals surface area (Å²) in [5.74, 6) is -0.321. The molecule has 0 N–H and O–H groups in total. The van der Waals surface area contributed by atoms with Crippen LogP contribution < -0.4 is 0 Å². The highest BCUT2D eigenvalue weighted by atomic mass is 16.5. The highest BCUT2D eigenvalue weighted by Crippen LogP contribution is 2.26. The van der Waals surface area contributed by atoms with E-state index in [1.54, 1.807) is 4.90 Å². The zero-order valence-corrected chi connectivity index (χ0v) is 11.1. The molecular formula is C14H20N2O3. The fraction of sp³-hybridized carbons (Fsp3) is 0.786. The number of rotatable bonds is 4. The molecule has 0 aromatic heterocycles. The van der Waals surface area contributed by atoms with Gasteiger partial charge in [0.15, 0.2) is 0 Å². The third kappa shape index (κ3) is 3.69. The summed E-state index contributed by atoms with van der Waals surface area (Å²) in [5, 5.41) is 9.02. The van der Waals surface area contributed by atoms with Crippen LogP contribution >= 0.6 is 0 Å². The maximum absolute atomic E-state index is 11.8. The van der Waals surface area contributed by atoms with E-state index in [0.717, 1.165) is 38.6 Å². The zero-order chi connectivity index (χ0) is 13.7. The maximum atomic E-state index is 11.8. The van der Waals surface area contributed by atoms with Gasteiger partial charge < -0.3 is 9.64 Å². The first kappa shape index (κ1) is 13.9. The largest absolute Gasteiger partial charge is 0.461 e. The topological polar surface area (TPSA) is 70.4 Å². The molecule has 0 aromatic carbocycles. The third-order valence-corrected chi connectivity index (χ3v) is 3.91. The van der Waals surface area contributed by atoms with Crippen LogP contribution in [0.25, 0.3) is 0 Å². The van der Waals surface area contributed by atoms with Gasteiger partial charge in [-0.25, -0.2) is 0 Å². The van der Waals surface area contributed by atoms with Gasteiger partial charge in [-0.1, -0.05) is 6.42 Å². The van der Waals surface area contributed by atoms with Crippen LogP contribution in [0.2, 0.25) is 0 Å². The monoisotopic (exact) mass is 264 g/mol. The van der Waals surface area contributed by atoms with Crippen LogP contribution in [0.3, 0.4) is 0 Å². The van der Waals surface area contributed by atoms with Gasteiger partial charge in [-0.05, 0) is 25.7 Å². The van der Waals surface area contributed by atoms with Gasteiger partial charge in [-0.2, -0.15) is 5.26 Å².